The largest absolute Gasteiger partial charge is 0.478 e. The minimum Gasteiger partial charge on any atom is -0.478 e. The molecule has 0 spiro atoms. The van der Waals surface area contributed by atoms with E-state index >= 15 is 0 Å². The maximum absolute atomic E-state index is 13.2. The first kappa shape index (κ1) is 15.5. The molecular weight excluding hydrogens is 263 g/mol. The third kappa shape index (κ3) is 4.28. The van der Waals surface area contributed by atoms with E-state index in [0.717, 1.165) is 12.1 Å². The Morgan fingerprint density at radius 3 is 2.75 bits per heavy atom. The molecule has 0 saturated heterocycles. The maximum Gasteiger partial charge on any atom is 0.338 e. The summed E-state index contributed by atoms with van der Waals surface area (Å²) in [5.74, 6) is 0.193. The zero-order valence-electron chi connectivity index (χ0n) is 10.9. The fourth-order valence-electron chi connectivity index (χ4n) is 1.56. The van der Waals surface area contributed by atoms with Gasteiger partial charge in [-0.15, -0.1) is 12.3 Å². The van der Waals surface area contributed by atoms with E-state index in [9.17, 15) is 14.0 Å². The first-order valence-corrected chi connectivity index (χ1v) is 6.01. The Balaban J connectivity index is 2.74. The number of halogens is 1. The quantitative estimate of drug-likeness (QED) is 0.724. The molecule has 0 aromatic heterocycles. The van der Waals surface area contributed by atoms with E-state index in [4.69, 9.17) is 11.5 Å². The Labute approximate surface area is 116 Å². The summed E-state index contributed by atoms with van der Waals surface area (Å²) in [5.41, 5.74) is -0.310. The van der Waals surface area contributed by atoms with Crippen molar-refractivity contribution in [1.29, 1.82) is 0 Å². The number of aromatic carboxylic acids is 1. The highest BCUT2D eigenvalue weighted by atomic mass is 19.1. The number of terminal acetylenes is 1. The number of carbonyl (C=O) groups is 2. The van der Waals surface area contributed by atoms with Gasteiger partial charge in [-0.05, 0) is 24.6 Å². The Kier molecular flexibility index (Phi) is 5.54. The molecule has 0 fully saturated rings. The van der Waals surface area contributed by atoms with E-state index in [1.807, 2.05) is 6.92 Å². The molecule has 106 valence electrons. The van der Waals surface area contributed by atoms with Crippen molar-refractivity contribution < 1.29 is 19.1 Å². The third-order valence-corrected chi connectivity index (χ3v) is 2.65. The molecule has 0 aliphatic rings. The van der Waals surface area contributed by atoms with Crippen LogP contribution in [0.25, 0.3) is 0 Å². The number of carboxylic acid groups (broad SMARTS) is 1. The summed E-state index contributed by atoms with van der Waals surface area (Å²) in [6.07, 6.45) is 6.24. The molecule has 0 saturated carbocycles. The fraction of sp³-hybridized carbons (Fsp3) is 0.286. The van der Waals surface area contributed by atoms with Gasteiger partial charge in [-0.2, -0.15) is 0 Å². The lowest BCUT2D eigenvalue weighted by Crippen LogP contribution is -2.37. The molecule has 0 heterocycles. The van der Waals surface area contributed by atoms with Gasteiger partial charge in [0.15, 0.2) is 0 Å². The van der Waals surface area contributed by atoms with Crippen LogP contribution in [0.5, 0.6) is 0 Å². The summed E-state index contributed by atoms with van der Waals surface area (Å²) < 4.78 is 13.2. The summed E-state index contributed by atoms with van der Waals surface area (Å²) in [6.45, 7) is 1.88. The topological polar surface area (TPSA) is 78.4 Å². The van der Waals surface area contributed by atoms with E-state index < -0.39 is 23.4 Å². The third-order valence-electron chi connectivity index (χ3n) is 2.65. The molecule has 1 aromatic carbocycles. The number of rotatable bonds is 5. The monoisotopic (exact) mass is 278 g/mol. The summed E-state index contributed by atoms with van der Waals surface area (Å²) in [7, 11) is 0. The maximum atomic E-state index is 13.2. The molecule has 3 N–H and O–H groups in total. The van der Waals surface area contributed by atoms with Gasteiger partial charge in [0.05, 0.1) is 5.56 Å². The highest BCUT2D eigenvalue weighted by molar-refractivity contribution is 5.93. The number of hydrogen-bond acceptors (Lipinski definition) is 2. The van der Waals surface area contributed by atoms with Crippen LogP contribution in [0.1, 0.15) is 30.1 Å². The fourth-order valence-corrected chi connectivity index (χ4v) is 1.56. The SMILES string of the molecule is C#CCC(CC)NC(=O)Nc1ccc(F)c(C(=O)O)c1. The van der Waals surface area contributed by atoms with Gasteiger partial charge >= 0.3 is 12.0 Å². The summed E-state index contributed by atoms with van der Waals surface area (Å²) in [5, 5.41) is 13.9. The minimum absolute atomic E-state index is 0.167. The van der Waals surface area contributed by atoms with Gasteiger partial charge in [0.2, 0.25) is 0 Å². The average molecular weight is 278 g/mol. The zero-order valence-corrected chi connectivity index (χ0v) is 10.9. The predicted molar refractivity (Wildman–Crippen MR) is 73.0 cm³/mol. The van der Waals surface area contributed by atoms with Crippen molar-refractivity contribution in [1.82, 2.24) is 5.32 Å². The number of amides is 2. The van der Waals surface area contributed by atoms with Gasteiger partial charge < -0.3 is 15.7 Å². The van der Waals surface area contributed by atoms with Gasteiger partial charge in [-0.1, -0.05) is 6.92 Å². The summed E-state index contributed by atoms with van der Waals surface area (Å²) in [4.78, 5) is 22.5. The molecule has 20 heavy (non-hydrogen) atoms. The Morgan fingerprint density at radius 2 is 2.20 bits per heavy atom. The summed E-state index contributed by atoms with van der Waals surface area (Å²) in [6, 6.07) is 2.63. The van der Waals surface area contributed by atoms with Crippen molar-refractivity contribution >= 4 is 17.7 Å². The Morgan fingerprint density at radius 1 is 1.50 bits per heavy atom. The van der Waals surface area contributed by atoms with Crippen molar-refractivity contribution in [3.05, 3.63) is 29.6 Å². The van der Waals surface area contributed by atoms with Crippen LogP contribution in [-0.2, 0) is 0 Å². The Hall–Kier alpha value is -2.55. The van der Waals surface area contributed by atoms with Crippen molar-refractivity contribution in [3.63, 3.8) is 0 Å². The van der Waals surface area contributed by atoms with E-state index in [1.54, 1.807) is 0 Å². The van der Waals surface area contributed by atoms with Crippen LogP contribution in [0.4, 0.5) is 14.9 Å². The first-order valence-electron chi connectivity index (χ1n) is 6.01. The van der Waals surface area contributed by atoms with Crippen molar-refractivity contribution in [2.75, 3.05) is 5.32 Å². The van der Waals surface area contributed by atoms with Crippen molar-refractivity contribution in [2.24, 2.45) is 0 Å². The van der Waals surface area contributed by atoms with Crippen molar-refractivity contribution in [3.8, 4) is 12.3 Å². The zero-order chi connectivity index (χ0) is 15.1. The molecule has 0 radical (unpaired) electrons. The number of urea groups is 1. The van der Waals surface area contributed by atoms with Crippen LogP contribution < -0.4 is 10.6 Å². The van der Waals surface area contributed by atoms with Gasteiger partial charge in [0, 0.05) is 18.2 Å². The Bertz CT molecular complexity index is 552. The van der Waals surface area contributed by atoms with Gasteiger partial charge in [0.25, 0.3) is 0 Å². The highest BCUT2D eigenvalue weighted by Crippen LogP contribution is 2.14. The summed E-state index contributed by atoms with van der Waals surface area (Å²) >= 11 is 0. The smallest absolute Gasteiger partial charge is 0.338 e. The van der Waals surface area contributed by atoms with Crippen LogP contribution in [0.15, 0.2) is 18.2 Å². The minimum atomic E-state index is -1.40. The van der Waals surface area contributed by atoms with Gasteiger partial charge in [-0.3, -0.25) is 0 Å². The molecule has 0 aliphatic carbocycles. The lowest BCUT2D eigenvalue weighted by Gasteiger charge is -2.15. The van der Waals surface area contributed by atoms with Crippen LogP contribution in [0.3, 0.4) is 0 Å². The van der Waals surface area contributed by atoms with E-state index in [1.165, 1.54) is 6.07 Å². The number of carbonyl (C=O) groups excluding carboxylic acids is 1. The number of carboxylic acids is 1. The number of hydrogen-bond donors (Lipinski definition) is 3. The van der Waals surface area contributed by atoms with Crippen LogP contribution in [0.2, 0.25) is 0 Å². The molecule has 1 rings (SSSR count). The molecule has 6 heteroatoms. The average Bonchev–Trinajstić information content (AvgIpc) is 2.40. The molecule has 5 nitrogen and oxygen atoms in total. The number of nitrogens with one attached hydrogen (secondary N) is 2. The number of benzene rings is 1. The van der Waals surface area contributed by atoms with Gasteiger partial charge in [-0.25, -0.2) is 14.0 Å². The lowest BCUT2D eigenvalue weighted by atomic mass is 10.1. The molecule has 1 aromatic rings. The molecular formula is C14H15FN2O3. The second-order valence-electron chi connectivity index (χ2n) is 4.11. The van der Waals surface area contributed by atoms with E-state index in [0.29, 0.717) is 12.8 Å². The first-order chi connectivity index (χ1) is 9.47. The molecule has 1 atom stereocenters. The van der Waals surface area contributed by atoms with Crippen molar-refractivity contribution in [2.45, 2.75) is 25.8 Å². The van der Waals surface area contributed by atoms with Crippen LogP contribution in [0, 0.1) is 18.2 Å². The number of anilines is 1. The second-order valence-corrected chi connectivity index (χ2v) is 4.11. The lowest BCUT2D eigenvalue weighted by molar-refractivity contribution is 0.0692. The second kappa shape index (κ2) is 7.14. The molecule has 0 bridgehead atoms. The van der Waals surface area contributed by atoms with Gasteiger partial charge in [0.1, 0.15) is 5.82 Å². The van der Waals surface area contributed by atoms with E-state index in [-0.39, 0.29) is 11.7 Å². The normalized spacial score (nSPS) is 11.2. The predicted octanol–water partition coefficient (Wildman–Crippen LogP) is 2.45. The van der Waals surface area contributed by atoms with Crippen LogP contribution >= 0.6 is 0 Å². The van der Waals surface area contributed by atoms with Crippen LogP contribution in [-0.4, -0.2) is 23.1 Å². The van der Waals surface area contributed by atoms with E-state index in [2.05, 4.69) is 16.6 Å². The standard InChI is InChI=1S/C14H15FN2O3/c1-3-5-9(4-2)16-14(20)17-10-6-7-12(15)11(8-10)13(18)19/h1,6-9H,4-5H2,2H3,(H,18,19)(H2,16,17,20). The molecule has 2 amide bonds. The molecule has 1 unspecified atom stereocenters. The molecule has 0 aliphatic heterocycles. The highest BCUT2D eigenvalue weighted by Gasteiger charge is 2.13.